The van der Waals surface area contributed by atoms with Crippen LogP contribution in [0.2, 0.25) is 5.02 Å². The number of hydrazone groups is 1. The van der Waals surface area contributed by atoms with Crippen LogP contribution in [0.4, 0.5) is 0 Å². The summed E-state index contributed by atoms with van der Waals surface area (Å²) in [6.45, 7) is 0. The Morgan fingerprint density at radius 3 is 2.59 bits per heavy atom. The van der Waals surface area contributed by atoms with Gasteiger partial charge in [-0.05, 0) is 60.2 Å². The van der Waals surface area contributed by atoms with Crippen LogP contribution in [0.1, 0.15) is 35.4 Å². The van der Waals surface area contributed by atoms with Crippen LogP contribution in [0.3, 0.4) is 0 Å². The minimum absolute atomic E-state index is 0.0365. The van der Waals surface area contributed by atoms with Crippen LogP contribution in [0, 0.1) is 0 Å². The predicted molar refractivity (Wildman–Crippen MR) is 103 cm³/mol. The number of hydrogen-bond acceptors (Lipinski definition) is 5. The lowest BCUT2D eigenvalue weighted by molar-refractivity contribution is -0.0190. The van der Waals surface area contributed by atoms with Crippen LogP contribution in [-0.2, 0) is 0 Å². The highest BCUT2D eigenvalue weighted by Gasteiger charge is 2.41. The largest absolute Gasteiger partial charge is 0.508 e. The molecule has 27 heavy (non-hydrogen) atoms. The van der Waals surface area contributed by atoms with E-state index in [-0.39, 0.29) is 18.0 Å². The van der Waals surface area contributed by atoms with Crippen molar-refractivity contribution in [3.63, 3.8) is 0 Å². The second-order valence-electron chi connectivity index (χ2n) is 6.63. The summed E-state index contributed by atoms with van der Waals surface area (Å²) in [5.74, 6) is 1.06. The van der Waals surface area contributed by atoms with Gasteiger partial charge in [-0.3, -0.25) is 4.98 Å². The SMILES string of the molecule is Oc1ccc(C2=NN3[C@H](C2)c2cc(Cl)ccc2O[C@H]3c2ccncc2)cc1. The molecular formula is C21H16ClN3O2. The Bertz CT molecular complexity index is 1020. The number of ether oxygens (including phenoxy) is 1. The normalized spacial score (nSPS) is 20.5. The van der Waals surface area contributed by atoms with Crippen molar-refractivity contribution >= 4 is 17.3 Å². The van der Waals surface area contributed by atoms with E-state index in [1.807, 2.05) is 47.5 Å². The Morgan fingerprint density at radius 2 is 1.81 bits per heavy atom. The first kappa shape index (κ1) is 16.1. The van der Waals surface area contributed by atoms with E-state index >= 15 is 0 Å². The van der Waals surface area contributed by atoms with Gasteiger partial charge in [0.2, 0.25) is 6.23 Å². The summed E-state index contributed by atoms with van der Waals surface area (Å²) in [5.41, 5.74) is 3.96. The number of phenols is 1. The molecule has 0 saturated carbocycles. The highest BCUT2D eigenvalue weighted by Crippen LogP contribution is 2.48. The van der Waals surface area contributed by atoms with Crippen molar-refractivity contribution in [1.82, 2.24) is 9.99 Å². The Balaban J connectivity index is 1.60. The van der Waals surface area contributed by atoms with E-state index in [2.05, 4.69) is 4.98 Å². The fourth-order valence-electron chi connectivity index (χ4n) is 3.63. The molecular weight excluding hydrogens is 362 g/mol. The summed E-state index contributed by atoms with van der Waals surface area (Å²) >= 11 is 6.24. The van der Waals surface area contributed by atoms with E-state index < -0.39 is 0 Å². The van der Waals surface area contributed by atoms with E-state index in [1.54, 1.807) is 24.5 Å². The molecule has 0 saturated heterocycles. The lowest BCUT2D eigenvalue weighted by atomic mass is 9.96. The van der Waals surface area contributed by atoms with Crippen LogP contribution in [0.5, 0.6) is 11.5 Å². The van der Waals surface area contributed by atoms with E-state index in [0.717, 1.165) is 34.6 Å². The molecule has 3 heterocycles. The third-order valence-corrected chi connectivity index (χ3v) is 5.18. The van der Waals surface area contributed by atoms with Gasteiger partial charge in [0.1, 0.15) is 11.5 Å². The average Bonchev–Trinajstić information content (AvgIpc) is 3.14. The molecule has 1 aromatic heterocycles. The van der Waals surface area contributed by atoms with Gasteiger partial charge in [0, 0.05) is 35.0 Å². The zero-order chi connectivity index (χ0) is 18.4. The van der Waals surface area contributed by atoms with Gasteiger partial charge in [0.15, 0.2) is 0 Å². The first-order valence-electron chi connectivity index (χ1n) is 8.70. The maximum absolute atomic E-state index is 9.57. The summed E-state index contributed by atoms with van der Waals surface area (Å²) < 4.78 is 6.28. The highest BCUT2D eigenvalue weighted by atomic mass is 35.5. The number of nitrogens with zero attached hydrogens (tertiary/aromatic N) is 3. The molecule has 134 valence electrons. The van der Waals surface area contributed by atoms with Gasteiger partial charge in [0.25, 0.3) is 0 Å². The molecule has 3 aromatic rings. The summed E-state index contributed by atoms with van der Waals surface area (Å²) in [6, 6.07) is 16.8. The van der Waals surface area contributed by atoms with Crippen LogP contribution in [0.25, 0.3) is 0 Å². The van der Waals surface area contributed by atoms with Crippen molar-refractivity contribution in [2.45, 2.75) is 18.7 Å². The van der Waals surface area contributed by atoms with Crippen LogP contribution >= 0.6 is 11.6 Å². The predicted octanol–water partition coefficient (Wildman–Crippen LogP) is 4.68. The van der Waals surface area contributed by atoms with Gasteiger partial charge in [0.05, 0.1) is 11.8 Å². The standard InChI is InChI=1S/C21H16ClN3O2/c22-15-3-6-20-17(11-15)19-12-18(13-1-4-16(26)5-2-13)24-25(19)21(27-20)14-7-9-23-10-8-14/h1-11,19,21,26H,12H2/t19-,21+/m1/s1. The van der Waals surface area contributed by atoms with E-state index in [9.17, 15) is 5.11 Å². The number of benzene rings is 2. The molecule has 1 N–H and O–H groups in total. The van der Waals surface area contributed by atoms with Gasteiger partial charge < -0.3 is 9.84 Å². The Morgan fingerprint density at radius 1 is 1.04 bits per heavy atom. The third kappa shape index (κ3) is 2.80. The van der Waals surface area contributed by atoms with Crippen molar-refractivity contribution in [3.05, 3.63) is 88.7 Å². The van der Waals surface area contributed by atoms with E-state index in [4.69, 9.17) is 21.4 Å². The molecule has 0 fully saturated rings. The number of aromatic hydroxyl groups is 1. The molecule has 2 aliphatic heterocycles. The summed E-state index contributed by atoms with van der Waals surface area (Å²) in [6.07, 6.45) is 3.92. The summed E-state index contributed by atoms with van der Waals surface area (Å²) in [7, 11) is 0. The van der Waals surface area contributed by atoms with Crippen molar-refractivity contribution in [2.24, 2.45) is 5.10 Å². The van der Waals surface area contributed by atoms with Crippen LogP contribution in [0.15, 0.2) is 72.1 Å². The van der Waals surface area contributed by atoms with Gasteiger partial charge in [-0.2, -0.15) is 5.10 Å². The molecule has 0 unspecified atom stereocenters. The lowest BCUT2D eigenvalue weighted by Crippen LogP contribution is -2.33. The van der Waals surface area contributed by atoms with Crippen molar-refractivity contribution in [3.8, 4) is 11.5 Å². The first-order chi connectivity index (χ1) is 13.2. The average molecular weight is 378 g/mol. The molecule has 2 aromatic carbocycles. The highest BCUT2D eigenvalue weighted by molar-refractivity contribution is 6.30. The molecule has 0 amide bonds. The summed E-state index contributed by atoms with van der Waals surface area (Å²) in [4.78, 5) is 4.10. The second-order valence-corrected chi connectivity index (χ2v) is 7.06. The number of hydrogen-bond donors (Lipinski definition) is 1. The smallest absolute Gasteiger partial charge is 0.213 e. The van der Waals surface area contributed by atoms with Crippen molar-refractivity contribution in [2.75, 3.05) is 0 Å². The van der Waals surface area contributed by atoms with Crippen molar-refractivity contribution < 1.29 is 9.84 Å². The topological polar surface area (TPSA) is 58.0 Å². The molecule has 0 bridgehead atoms. The quantitative estimate of drug-likeness (QED) is 0.704. The molecule has 5 nitrogen and oxygen atoms in total. The first-order valence-corrected chi connectivity index (χ1v) is 9.08. The molecule has 0 aliphatic carbocycles. The zero-order valence-corrected chi connectivity index (χ0v) is 15.0. The number of halogens is 1. The minimum atomic E-state index is -0.332. The summed E-state index contributed by atoms with van der Waals surface area (Å²) in [5, 5.41) is 17.1. The maximum Gasteiger partial charge on any atom is 0.213 e. The van der Waals surface area contributed by atoms with Gasteiger partial charge in [-0.15, -0.1) is 0 Å². The lowest BCUT2D eigenvalue weighted by Gasteiger charge is -2.38. The van der Waals surface area contributed by atoms with Crippen LogP contribution in [-0.4, -0.2) is 20.8 Å². The molecule has 0 radical (unpaired) electrons. The molecule has 0 spiro atoms. The fourth-order valence-corrected chi connectivity index (χ4v) is 3.82. The van der Waals surface area contributed by atoms with Gasteiger partial charge in [-0.25, -0.2) is 5.01 Å². The number of aromatic nitrogens is 1. The monoisotopic (exact) mass is 377 g/mol. The Labute approximate surface area is 161 Å². The fraction of sp³-hybridized carbons (Fsp3) is 0.143. The van der Waals surface area contributed by atoms with Gasteiger partial charge >= 0.3 is 0 Å². The number of fused-ring (bicyclic) bond motifs is 3. The molecule has 2 atom stereocenters. The molecule has 5 rings (SSSR count). The Hall–Kier alpha value is -3.05. The van der Waals surface area contributed by atoms with Crippen molar-refractivity contribution in [1.29, 1.82) is 0 Å². The molecule has 2 aliphatic rings. The zero-order valence-electron chi connectivity index (χ0n) is 14.3. The van der Waals surface area contributed by atoms with Gasteiger partial charge in [-0.1, -0.05) is 11.6 Å². The number of phenolic OH excluding ortho intramolecular Hbond substituents is 1. The minimum Gasteiger partial charge on any atom is -0.508 e. The number of pyridine rings is 1. The third-order valence-electron chi connectivity index (χ3n) is 4.94. The van der Waals surface area contributed by atoms with Crippen LogP contribution < -0.4 is 4.74 Å². The maximum atomic E-state index is 9.57. The molecule has 6 heteroatoms. The van der Waals surface area contributed by atoms with E-state index in [1.165, 1.54) is 0 Å². The number of rotatable bonds is 2. The Kier molecular flexibility index (Phi) is 3.76. The van der Waals surface area contributed by atoms with E-state index in [0.29, 0.717) is 5.02 Å². The second kappa shape index (κ2) is 6.28.